The molecule has 0 radical (unpaired) electrons. The Bertz CT molecular complexity index is 297. The van der Waals surface area contributed by atoms with Gasteiger partial charge in [0.1, 0.15) is 0 Å². The summed E-state index contributed by atoms with van der Waals surface area (Å²) in [6.07, 6.45) is 2.99. The van der Waals surface area contributed by atoms with Crippen molar-refractivity contribution in [2.75, 3.05) is 5.88 Å². The highest BCUT2D eigenvalue weighted by Crippen LogP contribution is 2.23. The molecule has 0 bridgehead atoms. The number of aromatic nitrogens is 2. The summed E-state index contributed by atoms with van der Waals surface area (Å²) in [7, 11) is 0. The summed E-state index contributed by atoms with van der Waals surface area (Å²) in [5.41, 5.74) is 2.43. The van der Waals surface area contributed by atoms with Crippen LogP contribution < -0.4 is 0 Å². The summed E-state index contributed by atoms with van der Waals surface area (Å²) >= 11 is 9.30. The van der Waals surface area contributed by atoms with Crippen molar-refractivity contribution < 1.29 is 0 Å². The van der Waals surface area contributed by atoms with Gasteiger partial charge in [-0.15, -0.1) is 11.6 Å². The predicted octanol–water partition coefficient (Wildman–Crippen LogP) is 3.40. The van der Waals surface area contributed by atoms with E-state index in [9.17, 15) is 0 Å². The van der Waals surface area contributed by atoms with Crippen LogP contribution in [0.15, 0.2) is 4.47 Å². The molecule has 80 valence electrons. The molecular weight excluding hydrogens is 263 g/mol. The molecule has 0 aliphatic rings. The highest BCUT2D eigenvalue weighted by Gasteiger charge is 2.12. The lowest BCUT2D eigenvalue weighted by Gasteiger charge is -2.03. The highest BCUT2D eigenvalue weighted by atomic mass is 79.9. The number of aryl methyl sites for hydroxylation is 2. The summed E-state index contributed by atoms with van der Waals surface area (Å²) < 4.78 is 3.24. The van der Waals surface area contributed by atoms with Crippen LogP contribution >= 0.6 is 27.5 Å². The molecule has 1 heterocycles. The minimum Gasteiger partial charge on any atom is -0.268 e. The van der Waals surface area contributed by atoms with Gasteiger partial charge < -0.3 is 0 Å². The second-order valence-electron chi connectivity index (χ2n) is 3.17. The molecule has 2 nitrogen and oxygen atoms in total. The van der Waals surface area contributed by atoms with E-state index in [2.05, 4.69) is 39.6 Å². The van der Waals surface area contributed by atoms with E-state index in [4.69, 9.17) is 11.6 Å². The van der Waals surface area contributed by atoms with Gasteiger partial charge in [-0.2, -0.15) is 5.10 Å². The Kier molecular flexibility index (Phi) is 4.96. The van der Waals surface area contributed by atoms with Crippen molar-refractivity contribution in [2.45, 2.75) is 39.7 Å². The second-order valence-corrected chi connectivity index (χ2v) is 4.34. The van der Waals surface area contributed by atoms with Crippen molar-refractivity contribution in [3.63, 3.8) is 0 Å². The van der Waals surface area contributed by atoms with E-state index < -0.39 is 0 Å². The molecule has 0 unspecified atom stereocenters. The van der Waals surface area contributed by atoms with E-state index in [1.54, 1.807) is 0 Å². The van der Waals surface area contributed by atoms with Crippen molar-refractivity contribution in [1.82, 2.24) is 9.78 Å². The first-order valence-electron chi connectivity index (χ1n) is 5.04. The molecule has 0 amide bonds. The Labute approximate surface area is 98.8 Å². The molecule has 0 saturated carbocycles. The predicted molar refractivity (Wildman–Crippen MR) is 64.0 cm³/mol. The molecule has 0 aliphatic heterocycles. The van der Waals surface area contributed by atoms with Crippen LogP contribution in [0.4, 0.5) is 0 Å². The lowest BCUT2D eigenvalue weighted by Crippen LogP contribution is -2.03. The van der Waals surface area contributed by atoms with Crippen LogP contribution in [-0.2, 0) is 19.4 Å². The number of halogens is 2. The Hall–Kier alpha value is -0.0200. The summed E-state index contributed by atoms with van der Waals surface area (Å²) in [6.45, 7) is 5.16. The smallest absolute Gasteiger partial charge is 0.0766 e. The van der Waals surface area contributed by atoms with Gasteiger partial charge in [0.15, 0.2) is 0 Å². The molecular formula is C10H16BrClN2. The van der Waals surface area contributed by atoms with Crippen LogP contribution in [0.25, 0.3) is 0 Å². The average Bonchev–Trinajstić information content (AvgIpc) is 2.52. The van der Waals surface area contributed by atoms with Gasteiger partial charge >= 0.3 is 0 Å². The van der Waals surface area contributed by atoms with Crippen molar-refractivity contribution >= 4 is 27.5 Å². The van der Waals surface area contributed by atoms with Crippen LogP contribution in [-0.4, -0.2) is 15.7 Å². The largest absolute Gasteiger partial charge is 0.268 e. The molecule has 0 saturated heterocycles. The first kappa shape index (κ1) is 12.1. The topological polar surface area (TPSA) is 17.8 Å². The van der Waals surface area contributed by atoms with Crippen LogP contribution in [0.5, 0.6) is 0 Å². The van der Waals surface area contributed by atoms with Gasteiger partial charge in [-0.1, -0.05) is 6.92 Å². The summed E-state index contributed by atoms with van der Waals surface area (Å²) in [5, 5.41) is 4.53. The fourth-order valence-electron chi connectivity index (χ4n) is 1.49. The number of rotatable bonds is 5. The number of nitrogens with zero attached hydrogens (tertiary/aromatic N) is 2. The minimum absolute atomic E-state index is 0.711. The average molecular weight is 280 g/mol. The van der Waals surface area contributed by atoms with Gasteiger partial charge in [0.05, 0.1) is 15.9 Å². The summed E-state index contributed by atoms with van der Waals surface area (Å²) in [6, 6.07) is 0. The van der Waals surface area contributed by atoms with E-state index in [1.165, 1.54) is 10.2 Å². The zero-order valence-corrected chi connectivity index (χ0v) is 11.0. The molecule has 0 aliphatic carbocycles. The second kappa shape index (κ2) is 5.76. The Morgan fingerprint density at radius 2 is 2.14 bits per heavy atom. The van der Waals surface area contributed by atoms with E-state index in [1.807, 2.05) is 0 Å². The SMILES string of the molecule is CCc1nn(CC)c(CCCCl)c1Br. The van der Waals surface area contributed by atoms with E-state index >= 15 is 0 Å². The van der Waals surface area contributed by atoms with Gasteiger partial charge in [0, 0.05) is 12.4 Å². The van der Waals surface area contributed by atoms with Crippen molar-refractivity contribution in [1.29, 1.82) is 0 Å². The molecule has 14 heavy (non-hydrogen) atoms. The molecule has 0 aromatic carbocycles. The Morgan fingerprint density at radius 1 is 1.43 bits per heavy atom. The molecule has 0 spiro atoms. The van der Waals surface area contributed by atoms with Gasteiger partial charge in [-0.05, 0) is 42.1 Å². The molecule has 1 aromatic heterocycles. The molecule has 0 fully saturated rings. The highest BCUT2D eigenvalue weighted by molar-refractivity contribution is 9.10. The molecule has 1 rings (SSSR count). The molecule has 0 N–H and O–H groups in total. The van der Waals surface area contributed by atoms with Gasteiger partial charge in [-0.25, -0.2) is 0 Å². The standard InChI is InChI=1S/C10H16BrClN2/c1-3-8-10(11)9(6-5-7-12)14(4-2)13-8/h3-7H2,1-2H3. The lowest BCUT2D eigenvalue weighted by atomic mass is 10.2. The van der Waals surface area contributed by atoms with E-state index in [0.29, 0.717) is 5.88 Å². The molecule has 0 atom stereocenters. The summed E-state index contributed by atoms with van der Waals surface area (Å²) in [4.78, 5) is 0. The molecule has 1 aromatic rings. The van der Waals surface area contributed by atoms with Gasteiger partial charge in [0.25, 0.3) is 0 Å². The van der Waals surface area contributed by atoms with Crippen LogP contribution in [0.1, 0.15) is 31.7 Å². The van der Waals surface area contributed by atoms with Gasteiger partial charge in [0.2, 0.25) is 0 Å². The lowest BCUT2D eigenvalue weighted by molar-refractivity contribution is 0.608. The van der Waals surface area contributed by atoms with Crippen LogP contribution in [0.3, 0.4) is 0 Å². The van der Waals surface area contributed by atoms with Crippen LogP contribution in [0.2, 0.25) is 0 Å². The van der Waals surface area contributed by atoms with Crippen molar-refractivity contribution in [2.24, 2.45) is 0 Å². The third-order valence-electron chi connectivity index (χ3n) is 2.24. The number of alkyl halides is 1. The fraction of sp³-hybridized carbons (Fsp3) is 0.700. The third kappa shape index (κ3) is 2.51. The Balaban J connectivity index is 2.92. The minimum atomic E-state index is 0.711. The maximum atomic E-state index is 5.70. The van der Waals surface area contributed by atoms with E-state index in [-0.39, 0.29) is 0 Å². The normalized spacial score (nSPS) is 10.9. The first-order valence-corrected chi connectivity index (χ1v) is 6.37. The fourth-order valence-corrected chi connectivity index (χ4v) is 2.39. The zero-order chi connectivity index (χ0) is 10.6. The van der Waals surface area contributed by atoms with Crippen LogP contribution in [0, 0.1) is 0 Å². The monoisotopic (exact) mass is 278 g/mol. The molecule has 4 heteroatoms. The summed E-state index contributed by atoms with van der Waals surface area (Å²) in [5.74, 6) is 0.711. The first-order chi connectivity index (χ1) is 6.74. The maximum absolute atomic E-state index is 5.70. The van der Waals surface area contributed by atoms with Crippen molar-refractivity contribution in [3.8, 4) is 0 Å². The zero-order valence-electron chi connectivity index (χ0n) is 8.69. The Morgan fingerprint density at radius 3 is 2.64 bits per heavy atom. The van der Waals surface area contributed by atoms with E-state index in [0.717, 1.165) is 31.5 Å². The van der Waals surface area contributed by atoms with Crippen molar-refractivity contribution in [3.05, 3.63) is 15.9 Å². The maximum Gasteiger partial charge on any atom is 0.0766 e. The van der Waals surface area contributed by atoms with Gasteiger partial charge in [-0.3, -0.25) is 4.68 Å². The third-order valence-corrected chi connectivity index (χ3v) is 3.42. The number of hydrogen-bond acceptors (Lipinski definition) is 1. The number of hydrogen-bond donors (Lipinski definition) is 0. The quantitative estimate of drug-likeness (QED) is 0.755.